The van der Waals surface area contributed by atoms with Gasteiger partial charge in [-0.1, -0.05) is 0 Å². The van der Waals surface area contributed by atoms with Crippen molar-refractivity contribution in [3.05, 3.63) is 29.8 Å². The molecule has 1 aliphatic heterocycles. The van der Waals surface area contributed by atoms with Crippen molar-refractivity contribution in [2.24, 2.45) is 0 Å². The summed E-state index contributed by atoms with van der Waals surface area (Å²) in [6.07, 6.45) is 0. The number of likely N-dealkylation sites (N-methyl/N-ethyl adjacent to an activating group) is 1. The smallest absolute Gasteiger partial charge is 0.322 e. The highest BCUT2D eigenvalue weighted by Gasteiger charge is 2.29. The van der Waals surface area contributed by atoms with Crippen molar-refractivity contribution < 1.29 is 14.7 Å². The topological polar surface area (TPSA) is 60.9 Å². The van der Waals surface area contributed by atoms with Crippen molar-refractivity contribution in [2.45, 2.75) is 13.0 Å². The lowest BCUT2D eigenvalue weighted by molar-refractivity contribution is -0.142. The molecule has 1 saturated heterocycles. The van der Waals surface area contributed by atoms with Gasteiger partial charge < -0.3 is 10.0 Å². The molecule has 1 aromatic carbocycles. The first-order valence-electron chi connectivity index (χ1n) is 6.28. The molecule has 1 aliphatic rings. The fourth-order valence-corrected chi connectivity index (χ4v) is 2.28. The van der Waals surface area contributed by atoms with Gasteiger partial charge in [-0.3, -0.25) is 14.5 Å². The summed E-state index contributed by atoms with van der Waals surface area (Å²) < 4.78 is 0. The molecule has 5 nitrogen and oxygen atoms in total. The van der Waals surface area contributed by atoms with Crippen LogP contribution in [0.1, 0.15) is 17.3 Å². The van der Waals surface area contributed by atoms with E-state index in [0.29, 0.717) is 18.7 Å². The number of ketones is 1. The van der Waals surface area contributed by atoms with Crippen LogP contribution in [0.2, 0.25) is 0 Å². The van der Waals surface area contributed by atoms with Gasteiger partial charge in [-0.25, -0.2) is 0 Å². The first-order valence-corrected chi connectivity index (χ1v) is 6.28. The van der Waals surface area contributed by atoms with Crippen LogP contribution in [-0.2, 0) is 4.79 Å². The maximum Gasteiger partial charge on any atom is 0.322 e. The van der Waals surface area contributed by atoms with E-state index in [4.69, 9.17) is 0 Å². The van der Waals surface area contributed by atoms with Crippen LogP contribution in [0.3, 0.4) is 0 Å². The van der Waals surface area contributed by atoms with Gasteiger partial charge in [0.25, 0.3) is 0 Å². The van der Waals surface area contributed by atoms with Crippen LogP contribution < -0.4 is 4.90 Å². The van der Waals surface area contributed by atoms with Crippen molar-refractivity contribution in [3.63, 3.8) is 0 Å². The number of rotatable bonds is 3. The zero-order valence-corrected chi connectivity index (χ0v) is 11.2. The third kappa shape index (κ3) is 2.93. The molecule has 19 heavy (non-hydrogen) atoms. The number of nitrogens with zero attached hydrogens (tertiary/aromatic N) is 2. The Labute approximate surface area is 112 Å². The van der Waals surface area contributed by atoms with Gasteiger partial charge in [0.2, 0.25) is 0 Å². The molecule has 1 unspecified atom stereocenters. The van der Waals surface area contributed by atoms with Crippen molar-refractivity contribution in [2.75, 3.05) is 31.6 Å². The van der Waals surface area contributed by atoms with Crippen molar-refractivity contribution in [1.82, 2.24) is 4.90 Å². The van der Waals surface area contributed by atoms with Crippen LogP contribution in [0.25, 0.3) is 0 Å². The third-order valence-electron chi connectivity index (χ3n) is 3.57. The summed E-state index contributed by atoms with van der Waals surface area (Å²) in [4.78, 5) is 26.3. The van der Waals surface area contributed by atoms with Gasteiger partial charge in [0.15, 0.2) is 5.78 Å². The van der Waals surface area contributed by atoms with Gasteiger partial charge in [0.05, 0.1) is 0 Å². The highest BCUT2D eigenvalue weighted by Crippen LogP contribution is 2.19. The molecule has 1 atom stereocenters. The maximum absolute atomic E-state index is 11.2. The number of hydrogen-bond acceptors (Lipinski definition) is 4. The van der Waals surface area contributed by atoms with E-state index < -0.39 is 12.0 Å². The van der Waals surface area contributed by atoms with E-state index in [9.17, 15) is 14.7 Å². The molecule has 0 saturated carbocycles. The first kappa shape index (κ1) is 13.5. The Hall–Kier alpha value is -1.88. The fraction of sp³-hybridized carbons (Fsp3) is 0.429. The van der Waals surface area contributed by atoms with E-state index in [-0.39, 0.29) is 5.78 Å². The molecule has 0 spiro atoms. The maximum atomic E-state index is 11.2. The standard InChI is InChI=1S/C14H18N2O3/c1-10(17)11-3-5-12(6-4-11)16-8-7-15(2)13(9-16)14(18)19/h3-6,13H,7-9H2,1-2H3,(H,18,19). The van der Waals surface area contributed by atoms with Gasteiger partial charge in [-0.05, 0) is 38.2 Å². The van der Waals surface area contributed by atoms with Gasteiger partial charge in [-0.2, -0.15) is 0 Å². The fourth-order valence-electron chi connectivity index (χ4n) is 2.28. The summed E-state index contributed by atoms with van der Waals surface area (Å²) in [5, 5.41) is 9.18. The van der Waals surface area contributed by atoms with E-state index >= 15 is 0 Å². The van der Waals surface area contributed by atoms with Gasteiger partial charge in [0.1, 0.15) is 6.04 Å². The van der Waals surface area contributed by atoms with Gasteiger partial charge >= 0.3 is 5.97 Å². The van der Waals surface area contributed by atoms with Crippen LogP contribution >= 0.6 is 0 Å². The number of anilines is 1. The number of aliphatic carboxylic acids is 1. The minimum atomic E-state index is -0.799. The molecular weight excluding hydrogens is 244 g/mol. The summed E-state index contributed by atoms with van der Waals surface area (Å²) in [7, 11) is 1.83. The third-order valence-corrected chi connectivity index (χ3v) is 3.57. The minimum Gasteiger partial charge on any atom is -0.480 e. The van der Waals surface area contributed by atoms with Crippen LogP contribution in [0.4, 0.5) is 5.69 Å². The summed E-state index contributed by atoms with van der Waals surface area (Å²) in [6.45, 7) is 3.50. The quantitative estimate of drug-likeness (QED) is 0.826. The summed E-state index contributed by atoms with van der Waals surface area (Å²) in [5.74, 6) is -0.763. The predicted octanol–water partition coefficient (Wildman–Crippen LogP) is 1.09. The predicted molar refractivity (Wildman–Crippen MR) is 72.7 cm³/mol. The number of carboxylic acids is 1. The normalized spacial score (nSPS) is 20.3. The molecule has 1 fully saturated rings. The Morgan fingerprint density at radius 3 is 2.37 bits per heavy atom. The Kier molecular flexibility index (Phi) is 3.85. The van der Waals surface area contributed by atoms with Gasteiger partial charge in [-0.15, -0.1) is 0 Å². The van der Waals surface area contributed by atoms with Crippen molar-refractivity contribution in [3.8, 4) is 0 Å². The minimum absolute atomic E-state index is 0.0355. The Morgan fingerprint density at radius 1 is 1.21 bits per heavy atom. The highest BCUT2D eigenvalue weighted by molar-refractivity contribution is 5.94. The number of benzene rings is 1. The lowest BCUT2D eigenvalue weighted by atomic mass is 10.1. The molecule has 0 amide bonds. The molecule has 0 aliphatic carbocycles. The average Bonchev–Trinajstić information content (AvgIpc) is 2.39. The second kappa shape index (κ2) is 5.40. The van der Waals surface area contributed by atoms with Gasteiger partial charge in [0, 0.05) is 30.9 Å². The summed E-state index contributed by atoms with van der Waals surface area (Å²) >= 11 is 0. The second-order valence-electron chi connectivity index (χ2n) is 4.88. The number of hydrogen-bond donors (Lipinski definition) is 1. The van der Waals surface area contributed by atoms with E-state index in [1.807, 2.05) is 29.0 Å². The molecule has 0 bridgehead atoms. The molecular formula is C14H18N2O3. The molecule has 0 aromatic heterocycles. The van der Waals surface area contributed by atoms with Crippen molar-refractivity contribution in [1.29, 1.82) is 0 Å². The van der Waals surface area contributed by atoms with E-state index in [2.05, 4.69) is 0 Å². The largest absolute Gasteiger partial charge is 0.480 e. The molecule has 1 heterocycles. The average molecular weight is 262 g/mol. The van der Waals surface area contributed by atoms with Crippen molar-refractivity contribution >= 4 is 17.4 Å². The lowest BCUT2D eigenvalue weighted by Crippen LogP contribution is -2.54. The van der Waals surface area contributed by atoms with E-state index in [1.165, 1.54) is 6.92 Å². The molecule has 102 valence electrons. The lowest BCUT2D eigenvalue weighted by Gasteiger charge is -2.38. The zero-order valence-electron chi connectivity index (χ0n) is 11.2. The molecule has 1 N–H and O–H groups in total. The van der Waals surface area contributed by atoms with Crippen LogP contribution in [0.15, 0.2) is 24.3 Å². The van der Waals surface area contributed by atoms with Crippen LogP contribution in [0, 0.1) is 0 Å². The molecule has 5 heteroatoms. The number of Topliss-reactive ketones (excluding diaryl/α,β-unsaturated/α-hetero) is 1. The summed E-state index contributed by atoms with van der Waals surface area (Å²) in [5.41, 5.74) is 1.64. The Morgan fingerprint density at radius 2 is 1.84 bits per heavy atom. The molecule has 0 radical (unpaired) electrons. The van der Waals surface area contributed by atoms with E-state index in [0.717, 1.165) is 12.2 Å². The second-order valence-corrected chi connectivity index (χ2v) is 4.88. The SMILES string of the molecule is CC(=O)c1ccc(N2CCN(C)C(C(=O)O)C2)cc1. The molecule has 1 aromatic rings. The molecule has 2 rings (SSSR count). The summed E-state index contributed by atoms with van der Waals surface area (Å²) in [6, 6.07) is 6.83. The number of piperazine rings is 1. The zero-order chi connectivity index (χ0) is 14.0. The highest BCUT2D eigenvalue weighted by atomic mass is 16.4. The number of carbonyl (C=O) groups excluding carboxylic acids is 1. The number of carboxylic acid groups (broad SMARTS) is 1. The number of carbonyl (C=O) groups is 2. The van der Waals surface area contributed by atoms with Crippen LogP contribution in [-0.4, -0.2) is 54.5 Å². The van der Waals surface area contributed by atoms with Crippen LogP contribution in [0.5, 0.6) is 0 Å². The first-order chi connectivity index (χ1) is 8.99. The van der Waals surface area contributed by atoms with E-state index in [1.54, 1.807) is 12.1 Å². The Balaban J connectivity index is 2.13. The Bertz CT molecular complexity index is 484. The monoisotopic (exact) mass is 262 g/mol.